The van der Waals surface area contributed by atoms with Crippen molar-refractivity contribution in [2.24, 2.45) is 0 Å². The van der Waals surface area contributed by atoms with Crippen molar-refractivity contribution in [3.63, 3.8) is 0 Å². The monoisotopic (exact) mass is 500 g/mol. The summed E-state index contributed by atoms with van der Waals surface area (Å²) in [5.74, 6) is 0.661. The fourth-order valence-electron chi connectivity index (χ4n) is 3.08. The van der Waals surface area contributed by atoms with E-state index < -0.39 is 17.2 Å². The minimum Gasteiger partial charge on any atom is -0.306 e. The molecule has 172 valence electrons. The molecule has 33 heavy (non-hydrogen) atoms. The molecule has 12 heteroatoms. The van der Waals surface area contributed by atoms with E-state index in [1.807, 2.05) is 6.92 Å². The SMILES string of the molecule is CCSc1cc(-c2cc(C(F)(F)F)ccn2)cnc1-c1cn2ccc(SC(F)(F)F)cc2n1. The van der Waals surface area contributed by atoms with Gasteiger partial charge < -0.3 is 4.40 Å². The Morgan fingerprint density at radius 2 is 1.76 bits per heavy atom. The van der Waals surface area contributed by atoms with Gasteiger partial charge in [0.05, 0.1) is 11.3 Å². The molecule has 4 nitrogen and oxygen atoms in total. The third kappa shape index (κ3) is 5.44. The second-order valence-electron chi connectivity index (χ2n) is 6.73. The highest BCUT2D eigenvalue weighted by molar-refractivity contribution is 8.00. The van der Waals surface area contributed by atoms with E-state index in [2.05, 4.69) is 15.0 Å². The van der Waals surface area contributed by atoms with Gasteiger partial charge in [-0.05, 0) is 47.8 Å². The van der Waals surface area contributed by atoms with Gasteiger partial charge in [-0.15, -0.1) is 11.8 Å². The van der Waals surface area contributed by atoms with Crippen LogP contribution in [0.25, 0.3) is 28.3 Å². The standard InChI is InChI=1S/C21H14F6N4S2/c1-2-32-17-7-12(15-8-13(3-5-28-15)20(22,23)24)10-29-19(17)16-11-31-6-4-14(9-18(31)30-16)33-21(25,26)27/h3-11H,2H2,1H3. The summed E-state index contributed by atoms with van der Waals surface area (Å²) in [6.07, 6.45) is 1.13. The maximum Gasteiger partial charge on any atom is 0.446 e. The normalized spacial score (nSPS) is 12.5. The summed E-state index contributed by atoms with van der Waals surface area (Å²) in [6, 6.07) is 6.22. The highest BCUT2D eigenvalue weighted by Crippen LogP contribution is 2.38. The van der Waals surface area contributed by atoms with E-state index >= 15 is 0 Å². The Morgan fingerprint density at radius 3 is 2.45 bits per heavy atom. The van der Waals surface area contributed by atoms with E-state index in [1.165, 1.54) is 36.3 Å². The summed E-state index contributed by atoms with van der Waals surface area (Å²) < 4.78 is 78.8. The fourth-order valence-corrected chi connectivity index (χ4v) is 4.46. The van der Waals surface area contributed by atoms with Gasteiger partial charge in [0, 0.05) is 40.1 Å². The number of rotatable bonds is 5. The first-order valence-corrected chi connectivity index (χ1v) is 11.2. The van der Waals surface area contributed by atoms with Crippen LogP contribution in [0.2, 0.25) is 0 Å². The minimum absolute atomic E-state index is 0.00855. The molecule has 0 spiro atoms. The molecule has 0 bridgehead atoms. The first-order valence-electron chi connectivity index (χ1n) is 9.45. The molecule has 4 aromatic heterocycles. The molecule has 4 heterocycles. The predicted molar refractivity (Wildman–Crippen MR) is 115 cm³/mol. The molecule has 4 aromatic rings. The minimum atomic E-state index is -4.49. The summed E-state index contributed by atoms with van der Waals surface area (Å²) in [6.45, 7) is 1.91. The Labute approximate surface area is 192 Å². The molecule has 0 aliphatic rings. The van der Waals surface area contributed by atoms with Gasteiger partial charge in [0.2, 0.25) is 0 Å². The molecular weight excluding hydrogens is 486 g/mol. The Kier molecular flexibility index (Phi) is 6.32. The van der Waals surface area contributed by atoms with Gasteiger partial charge in [0.1, 0.15) is 17.0 Å². The number of thioether (sulfide) groups is 2. The quantitative estimate of drug-likeness (QED) is 0.214. The highest BCUT2D eigenvalue weighted by Gasteiger charge is 2.31. The van der Waals surface area contributed by atoms with E-state index in [4.69, 9.17) is 0 Å². The van der Waals surface area contributed by atoms with E-state index in [9.17, 15) is 26.3 Å². The molecule has 0 radical (unpaired) electrons. The molecular formula is C21H14F6N4S2. The first-order chi connectivity index (χ1) is 15.5. The van der Waals surface area contributed by atoms with Crippen LogP contribution in [0.1, 0.15) is 12.5 Å². The van der Waals surface area contributed by atoms with Gasteiger partial charge in [-0.2, -0.15) is 26.3 Å². The number of alkyl halides is 6. The number of nitrogens with zero attached hydrogens (tertiary/aromatic N) is 4. The third-order valence-corrected chi connectivity index (χ3v) is 6.08. The second kappa shape index (κ2) is 8.90. The molecule has 0 aliphatic heterocycles. The van der Waals surface area contributed by atoms with Crippen LogP contribution >= 0.6 is 23.5 Å². The van der Waals surface area contributed by atoms with Crippen LogP contribution in [0, 0.1) is 0 Å². The molecule has 4 rings (SSSR count). The average Bonchev–Trinajstić information content (AvgIpc) is 3.15. The molecule has 0 amide bonds. The van der Waals surface area contributed by atoms with E-state index in [0.29, 0.717) is 33.2 Å². The van der Waals surface area contributed by atoms with Crippen LogP contribution in [0.4, 0.5) is 26.3 Å². The van der Waals surface area contributed by atoms with Crippen LogP contribution in [0.3, 0.4) is 0 Å². The summed E-state index contributed by atoms with van der Waals surface area (Å²) in [7, 11) is 0. The summed E-state index contributed by atoms with van der Waals surface area (Å²) in [5.41, 5.74) is -3.45. The maximum atomic E-state index is 13.1. The molecule has 0 saturated carbocycles. The number of hydrogen-bond acceptors (Lipinski definition) is 5. The number of aromatic nitrogens is 4. The summed E-state index contributed by atoms with van der Waals surface area (Å²) >= 11 is 1.20. The Balaban J connectivity index is 1.73. The lowest BCUT2D eigenvalue weighted by Gasteiger charge is -2.10. The van der Waals surface area contributed by atoms with Crippen LogP contribution in [-0.4, -0.2) is 30.6 Å². The zero-order chi connectivity index (χ0) is 23.8. The van der Waals surface area contributed by atoms with Crippen LogP contribution in [-0.2, 0) is 6.18 Å². The smallest absolute Gasteiger partial charge is 0.306 e. The van der Waals surface area contributed by atoms with Crippen LogP contribution in [0.5, 0.6) is 0 Å². The molecule has 0 N–H and O–H groups in total. The van der Waals surface area contributed by atoms with Crippen molar-refractivity contribution in [1.82, 2.24) is 19.4 Å². The molecule has 0 aliphatic carbocycles. The predicted octanol–water partition coefficient (Wildman–Crippen LogP) is 7.20. The first kappa shape index (κ1) is 23.4. The number of pyridine rings is 3. The summed E-state index contributed by atoms with van der Waals surface area (Å²) in [4.78, 5) is 13.5. The van der Waals surface area contributed by atoms with Crippen LogP contribution in [0.15, 0.2) is 64.9 Å². The molecule has 0 atom stereocenters. The number of hydrogen-bond donors (Lipinski definition) is 0. The lowest BCUT2D eigenvalue weighted by molar-refractivity contribution is -0.137. The maximum absolute atomic E-state index is 13.1. The van der Waals surface area contributed by atoms with Gasteiger partial charge in [-0.25, -0.2) is 4.98 Å². The van der Waals surface area contributed by atoms with Crippen molar-refractivity contribution in [3.8, 4) is 22.6 Å². The highest BCUT2D eigenvalue weighted by atomic mass is 32.2. The Hall–Kier alpha value is -2.73. The van der Waals surface area contributed by atoms with Gasteiger partial charge in [-0.3, -0.25) is 9.97 Å². The van der Waals surface area contributed by atoms with Crippen LogP contribution < -0.4 is 0 Å². The van der Waals surface area contributed by atoms with Crippen molar-refractivity contribution >= 4 is 29.2 Å². The van der Waals surface area contributed by atoms with Gasteiger partial charge in [0.15, 0.2) is 0 Å². The topological polar surface area (TPSA) is 43.1 Å². The Bertz CT molecular complexity index is 1300. The zero-order valence-corrected chi connectivity index (χ0v) is 18.4. The van der Waals surface area contributed by atoms with Crippen molar-refractivity contribution < 1.29 is 26.3 Å². The van der Waals surface area contributed by atoms with Gasteiger partial charge in [0.25, 0.3) is 0 Å². The van der Waals surface area contributed by atoms with Crippen molar-refractivity contribution in [2.45, 2.75) is 28.4 Å². The van der Waals surface area contributed by atoms with E-state index in [0.717, 1.165) is 18.3 Å². The van der Waals surface area contributed by atoms with Crippen molar-refractivity contribution in [2.75, 3.05) is 5.75 Å². The van der Waals surface area contributed by atoms with Gasteiger partial charge in [-0.1, -0.05) is 6.92 Å². The molecule has 0 unspecified atom stereocenters. The lowest BCUT2D eigenvalue weighted by atomic mass is 10.1. The second-order valence-corrected chi connectivity index (χ2v) is 9.18. The van der Waals surface area contributed by atoms with E-state index in [1.54, 1.807) is 16.7 Å². The number of imidazole rings is 1. The van der Waals surface area contributed by atoms with Crippen molar-refractivity contribution in [3.05, 3.63) is 60.7 Å². The van der Waals surface area contributed by atoms with Crippen molar-refractivity contribution in [1.29, 1.82) is 0 Å². The average molecular weight is 500 g/mol. The lowest BCUT2D eigenvalue weighted by Crippen LogP contribution is -2.05. The summed E-state index contributed by atoms with van der Waals surface area (Å²) in [5, 5.41) is 0. The zero-order valence-electron chi connectivity index (χ0n) is 16.8. The number of fused-ring (bicyclic) bond motifs is 1. The van der Waals surface area contributed by atoms with E-state index in [-0.39, 0.29) is 22.4 Å². The molecule has 0 fully saturated rings. The third-order valence-electron chi connectivity index (χ3n) is 4.44. The van der Waals surface area contributed by atoms with Gasteiger partial charge >= 0.3 is 11.7 Å². The largest absolute Gasteiger partial charge is 0.446 e. The fraction of sp³-hybridized carbons (Fsp3) is 0.190. The Morgan fingerprint density at radius 1 is 0.970 bits per heavy atom. The molecule has 0 aromatic carbocycles. The molecule has 0 saturated heterocycles. The number of halogens is 6.